The summed E-state index contributed by atoms with van der Waals surface area (Å²) in [5.41, 5.74) is -1.47. The normalized spacial score (nSPS) is 11.8. The van der Waals surface area contributed by atoms with Crippen LogP contribution in [0.5, 0.6) is 5.75 Å². The summed E-state index contributed by atoms with van der Waals surface area (Å²) in [4.78, 5) is 23.9. The standard InChI is InChI=1S/C18H16F3NO6S/c1-22-29(25,26)16-9-12(6-7-15(16)27-2)17(24)28-10-14(23)11-4-3-5-13(8-11)18(19,20)21/h3-9,22H,10H2,1-2H3. The second kappa shape index (κ2) is 8.62. The number of sulfonamides is 1. The summed E-state index contributed by atoms with van der Waals surface area (Å²) in [6.07, 6.45) is -4.62. The number of carbonyl (C=O) groups excluding carboxylic acids is 2. The molecule has 0 fully saturated rings. The molecule has 0 saturated heterocycles. The van der Waals surface area contributed by atoms with Crippen molar-refractivity contribution in [2.24, 2.45) is 0 Å². The number of rotatable bonds is 7. The molecule has 29 heavy (non-hydrogen) atoms. The van der Waals surface area contributed by atoms with Crippen LogP contribution < -0.4 is 9.46 Å². The molecule has 7 nitrogen and oxygen atoms in total. The van der Waals surface area contributed by atoms with Gasteiger partial charge in [-0.25, -0.2) is 17.9 Å². The zero-order valence-corrected chi connectivity index (χ0v) is 16.1. The number of hydrogen-bond acceptors (Lipinski definition) is 6. The van der Waals surface area contributed by atoms with Crippen LogP contribution in [-0.2, 0) is 20.9 Å². The number of esters is 1. The van der Waals surface area contributed by atoms with Gasteiger partial charge in [-0.1, -0.05) is 12.1 Å². The Morgan fingerprint density at radius 2 is 1.76 bits per heavy atom. The van der Waals surface area contributed by atoms with E-state index in [1.54, 1.807) is 0 Å². The Hall–Kier alpha value is -2.92. The Labute approximate surface area is 164 Å². The van der Waals surface area contributed by atoms with Crippen molar-refractivity contribution in [3.05, 3.63) is 59.2 Å². The molecule has 156 valence electrons. The van der Waals surface area contributed by atoms with Crippen LogP contribution in [0.3, 0.4) is 0 Å². The van der Waals surface area contributed by atoms with Crippen LogP contribution >= 0.6 is 0 Å². The molecule has 0 aliphatic rings. The molecule has 0 atom stereocenters. The number of halogens is 3. The predicted octanol–water partition coefficient (Wildman–Crippen LogP) is 2.66. The number of Topliss-reactive ketones (excluding diaryl/α,β-unsaturated/α-hetero) is 1. The van der Waals surface area contributed by atoms with E-state index in [0.717, 1.165) is 24.3 Å². The summed E-state index contributed by atoms with van der Waals surface area (Å²) in [5.74, 6) is -1.89. The molecule has 0 spiro atoms. The molecule has 11 heteroatoms. The van der Waals surface area contributed by atoms with Crippen molar-refractivity contribution in [1.82, 2.24) is 4.72 Å². The van der Waals surface area contributed by atoms with Crippen LogP contribution in [0.25, 0.3) is 0 Å². The van der Waals surface area contributed by atoms with E-state index in [-0.39, 0.29) is 21.8 Å². The highest BCUT2D eigenvalue weighted by molar-refractivity contribution is 7.89. The van der Waals surface area contributed by atoms with Crippen molar-refractivity contribution in [2.45, 2.75) is 11.1 Å². The maximum Gasteiger partial charge on any atom is 0.416 e. The molecule has 0 bridgehead atoms. The zero-order valence-electron chi connectivity index (χ0n) is 15.2. The highest BCUT2D eigenvalue weighted by Gasteiger charge is 2.31. The number of benzene rings is 2. The van der Waals surface area contributed by atoms with Gasteiger partial charge < -0.3 is 9.47 Å². The Morgan fingerprint density at radius 3 is 2.34 bits per heavy atom. The summed E-state index contributed by atoms with van der Waals surface area (Å²) in [5, 5.41) is 0. The van der Waals surface area contributed by atoms with Crippen molar-refractivity contribution in [3.8, 4) is 5.75 Å². The SMILES string of the molecule is CNS(=O)(=O)c1cc(C(=O)OCC(=O)c2cccc(C(F)(F)F)c2)ccc1OC. The second-order valence-electron chi connectivity index (χ2n) is 5.65. The summed E-state index contributed by atoms with van der Waals surface area (Å²) < 4.78 is 74.1. The fourth-order valence-corrected chi connectivity index (χ4v) is 3.21. The monoisotopic (exact) mass is 431 g/mol. The number of nitrogens with one attached hydrogen (secondary N) is 1. The number of hydrogen-bond donors (Lipinski definition) is 1. The number of methoxy groups -OCH3 is 1. The van der Waals surface area contributed by atoms with Crippen molar-refractivity contribution in [2.75, 3.05) is 20.8 Å². The molecular formula is C18H16F3NO6S. The number of carbonyl (C=O) groups is 2. The van der Waals surface area contributed by atoms with Crippen molar-refractivity contribution in [3.63, 3.8) is 0 Å². The smallest absolute Gasteiger partial charge is 0.416 e. The van der Waals surface area contributed by atoms with Gasteiger partial charge in [-0.05, 0) is 37.4 Å². The maximum atomic E-state index is 12.7. The molecule has 2 aromatic rings. The van der Waals surface area contributed by atoms with Crippen LogP contribution in [0.4, 0.5) is 13.2 Å². The first-order valence-electron chi connectivity index (χ1n) is 7.98. The second-order valence-corrected chi connectivity index (χ2v) is 7.51. The molecule has 0 aliphatic carbocycles. The first-order chi connectivity index (χ1) is 13.5. The highest BCUT2D eigenvalue weighted by atomic mass is 32.2. The zero-order chi connectivity index (χ0) is 21.8. The van der Waals surface area contributed by atoms with E-state index in [4.69, 9.17) is 9.47 Å². The first-order valence-corrected chi connectivity index (χ1v) is 9.47. The lowest BCUT2D eigenvalue weighted by Crippen LogP contribution is -2.20. The van der Waals surface area contributed by atoms with E-state index in [0.29, 0.717) is 6.07 Å². The molecule has 0 amide bonds. The third-order valence-corrected chi connectivity index (χ3v) is 5.24. The van der Waals surface area contributed by atoms with Gasteiger partial charge in [-0.2, -0.15) is 13.2 Å². The Balaban J connectivity index is 2.17. The first kappa shape index (κ1) is 22.4. The van der Waals surface area contributed by atoms with Crippen molar-refractivity contribution in [1.29, 1.82) is 0 Å². The van der Waals surface area contributed by atoms with Gasteiger partial charge in [0.05, 0.1) is 18.2 Å². The van der Waals surface area contributed by atoms with Crippen LogP contribution in [0.1, 0.15) is 26.3 Å². The van der Waals surface area contributed by atoms with Gasteiger partial charge in [0.15, 0.2) is 12.4 Å². The van der Waals surface area contributed by atoms with Gasteiger partial charge in [-0.15, -0.1) is 0 Å². The third kappa shape index (κ3) is 5.33. The fraction of sp³-hybridized carbons (Fsp3) is 0.222. The van der Waals surface area contributed by atoms with E-state index < -0.39 is 40.1 Å². The molecular weight excluding hydrogens is 415 g/mol. The van der Waals surface area contributed by atoms with Gasteiger partial charge in [0.2, 0.25) is 10.0 Å². The summed E-state index contributed by atoms with van der Waals surface area (Å²) in [6, 6.07) is 7.15. The Kier molecular flexibility index (Phi) is 6.65. The van der Waals surface area contributed by atoms with Gasteiger partial charge in [0.1, 0.15) is 10.6 Å². The average molecular weight is 431 g/mol. The number of alkyl halides is 3. The molecule has 0 unspecified atom stereocenters. The maximum absolute atomic E-state index is 12.7. The largest absolute Gasteiger partial charge is 0.495 e. The Morgan fingerprint density at radius 1 is 1.07 bits per heavy atom. The van der Waals surface area contributed by atoms with Gasteiger partial charge in [-0.3, -0.25) is 4.79 Å². The number of ketones is 1. The van der Waals surface area contributed by atoms with Crippen LogP contribution in [0, 0.1) is 0 Å². The Bertz CT molecular complexity index is 1030. The number of ether oxygens (including phenoxy) is 2. The molecule has 2 aromatic carbocycles. The average Bonchev–Trinajstić information content (AvgIpc) is 2.70. The molecule has 0 heterocycles. The predicted molar refractivity (Wildman–Crippen MR) is 95.3 cm³/mol. The quantitative estimate of drug-likeness (QED) is 0.535. The third-order valence-electron chi connectivity index (χ3n) is 3.80. The van der Waals surface area contributed by atoms with Crippen LogP contribution in [-0.4, -0.2) is 40.9 Å². The lowest BCUT2D eigenvalue weighted by atomic mass is 10.1. The van der Waals surface area contributed by atoms with Crippen molar-refractivity contribution < 1.29 is 40.7 Å². The van der Waals surface area contributed by atoms with Gasteiger partial charge in [0, 0.05) is 5.56 Å². The van der Waals surface area contributed by atoms with Crippen molar-refractivity contribution >= 4 is 21.8 Å². The molecule has 1 N–H and O–H groups in total. The van der Waals surface area contributed by atoms with E-state index in [2.05, 4.69) is 4.72 Å². The summed E-state index contributed by atoms with van der Waals surface area (Å²) in [7, 11) is -1.53. The van der Waals surface area contributed by atoms with E-state index in [9.17, 15) is 31.2 Å². The van der Waals surface area contributed by atoms with E-state index >= 15 is 0 Å². The van der Waals surface area contributed by atoms with Crippen LogP contribution in [0.15, 0.2) is 47.4 Å². The molecule has 0 radical (unpaired) electrons. The molecule has 2 rings (SSSR count). The lowest BCUT2D eigenvalue weighted by Gasteiger charge is -2.11. The lowest BCUT2D eigenvalue weighted by molar-refractivity contribution is -0.137. The molecule has 0 aliphatic heterocycles. The topological polar surface area (TPSA) is 98.8 Å². The van der Waals surface area contributed by atoms with E-state index in [1.165, 1.54) is 26.3 Å². The molecule has 0 aromatic heterocycles. The van der Waals surface area contributed by atoms with E-state index in [1.807, 2.05) is 0 Å². The highest BCUT2D eigenvalue weighted by Crippen LogP contribution is 2.29. The molecule has 0 saturated carbocycles. The summed E-state index contributed by atoms with van der Waals surface area (Å²) in [6.45, 7) is -0.819. The van der Waals surface area contributed by atoms with Gasteiger partial charge >= 0.3 is 12.1 Å². The van der Waals surface area contributed by atoms with Gasteiger partial charge in [0.25, 0.3) is 0 Å². The minimum absolute atomic E-state index is 0.0176. The fourth-order valence-electron chi connectivity index (χ4n) is 2.29. The minimum Gasteiger partial charge on any atom is -0.495 e. The summed E-state index contributed by atoms with van der Waals surface area (Å²) >= 11 is 0. The van der Waals surface area contributed by atoms with Crippen LogP contribution in [0.2, 0.25) is 0 Å². The minimum atomic E-state index is -4.62.